The fourth-order valence-corrected chi connectivity index (χ4v) is 2.85. The van der Waals surface area contributed by atoms with E-state index in [1.807, 2.05) is 0 Å². The van der Waals surface area contributed by atoms with Crippen LogP contribution in [0.2, 0.25) is 5.15 Å². The van der Waals surface area contributed by atoms with E-state index in [2.05, 4.69) is 10.3 Å². The Labute approximate surface area is 94.5 Å². The molecule has 80 valence electrons. The number of halogens is 1. The summed E-state index contributed by atoms with van der Waals surface area (Å²) in [6, 6.07) is 3.19. The molecule has 1 aromatic rings. The summed E-state index contributed by atoms with van der Waals surface area (Å²) in [5.74, 6) is -0.128. The maximum atomic E-state index is 11.8. The molecule has 2 rings (SSSR count). The molecule has 2 atom stereocenters. The Kier molecular flexibility index (Phi) is 2.75. The Balaban J connectivity index is 2.51. The average Bonchev–Trinajstić information content (AvgIpc) is 2.28. The van der Waals surface area contributed by atoms with Crippen molar-refractivity contribution in [2.75, 3.05) is 11.1 Å². The van der Waals surface area contributed by atoms with Crippen molar-refractivity contribution in [3.8, 4) is 0 Å². The first-order valence-corrected chi connectivity index (χ1v) is 6.13. The lowest BCUT2D eigenvalue weighted by molar-refractivity contribution is -0.118. The zero-order valence-corrected chi connectivity index (χ0v) is 9.56. The first kappa shape index (κ1) is 10.6. The highest BCUT2D eigenvalue weighted by atomic mass is 35.5. The highest BCUT2D eigenvalue weighted by Crippen LogP contribution is 2.24. The van der Waals surface area contributed by atoms with Crippen LogP contribution in [0.15, 0.2) is 17.2 Å². The van der Waals surface area contributed by atoms with Gasteiger partial charge in [0.2, 0.25) is 5.91 Å². The fraction of sp³-hybridized carbons (Fsp3) is 0.333. The van der Waals surface area contributed by atoms with Crippen LogP contribution in [0.5, 0.6) is 0 Å². The number of nitrogens with zero attached hydrogens (tertiary/aromatic N) is 1. The van der Waals surface area contributed by atoms with Crippen molar-refractivity contribution in [3.05, 3.63) is 17.3 Å². The second-order valence-corrected chi connectivity index (χ2v) is 5.19. The molecule has 0 saturated heterocycles. The maximum absolute atomic E-state index is 11.8. The standard InChI is InChI=1S/C9H9ClN2O2S/c1-5-4-15(14)9-6(11-8(5)13)2-3-7(10)12-9/h2-3,5H,4H2,1H3,(H,11,13). The van der Waals surface area contributed by atoms with Crippen LogP contribution in [0.1, 0.15) is 6.92 Å². The predicted molar refractivity (Wildman–Crippen MR) is 58.3 cm³/mol. The second kappa shape index (κ2) is 3.90. The van der Waals surface area contributed by atoms with Crippen molar-refractivity contribution < 1.29 is 9.00 Å². The number of amides is 1. The molecule has 0 aromatic carbocycles. The van der Waals surface area contributed by atoms with Gasteiger partial charge in [0.15, 0.2) is 5.03 Å². The number of fused-ring (bicyclic) bond motifs is 1. The number of hydrogen-bond acceptors (Lipinski definition) is 3. The topological polar surface area (TPSA) is 59.1 Å². The van der Waals surface area contributed by atoms with Crippen LogP contribution in [0.4, 0.5) is 5.69 Å². The van der Waals surface area contributed by atoms with Crippen LogP contribution in [0.3, 0.4) is 0 Å². The van der Waals surface area contributed by atoms with Gasteiger partial charge in [0.1, 0.15) is 5.15 Å². The van der Waals surface area contributed by atoms with Crippen molar-refractivity contribution in [3.63, 3.8) is 0 Å². The van der Waals surface area contributed by atoms with Crippen molar-refractivity contribution in [1.29, 1.82) is 0 Å². The fourth-order valence-electron chi connectivity index (χ4n) is 1.32. The summed E-state index contributed by atoms with van der Waals surface area (Å²) in [6.45, 7) is 1.74. The number of hydrogen-bond donors (Lipinski definition) is 1. The van der Waals surface area contributed by atoms with Gasteiger partial charge in [-0.1, -0.05) is 18.5 Å². The predicted octanol–water partition coefficient (Wildman–Crippen LogP) is 1.43. The zero-order chi connectivity index (χ0) is 11.0. The van der Waals surface area contributed by atoms with Crippen LogP contribution in [0, 0.1) is 5.92 Å². The SMILES string of the molecule is CC1CS(=O)c2nc(Cl)ccc2NC1=O. The van der Waals surface area contributed by atoms with Crippen molar-refractivity contribution >= 4 is 34.0 Å². The molecule has 0 bridgehead atoms. The number of nitrogens with one attached hydrogen (secondary N) is 1. The second-order valence-electron chi connectivity index (χ2n) is 3.39. The minimum Gasteiger partial charge on any atom is -0.323 e. The molecule has 0 aliphatic carbocycles. The molecule has 0 radical (unpaired) electrons. The van der Waals surface area contributed by atoms with Gasteiger partial charge in [-0.15, -0.1) is 0 Å². The van der Waals surface area contributed by atoms with Crippen molar-refractivity contribution in [2.24, 2.45) is 5.92 Å². The third-order valence-corrected chi connectivity index (χ3v) is 3.90. The summed E-state index contributed by atoms with van der Waals surface area (Å²) < 4.78 is 11.8. The monoisotopic (exact) mass is 244 g/mol. The lowest BCUT2D eigenvalue weighted by Crippen LogP contribution is -2.21. The van der Waals surface area contributed by atoms with Gasteiger partial charge in [-0.05, 0) is 12.1 Å². The van der Waals surface area contributed by atoms with E-state index in [-0.39, 0.29) is 22.7 Å². The molecule has 1 aromatic heterocycles. The van der Waals surface area contributed by atoms with E-state index in [1.165, 1.54) is 0 Å². The van der Waals surface area contributed by atoms with Crippen molar-refractivity contribution in [1.82, 2.24) is 4.98 Å². The van der Waals surface area contributed by atoms with E-state index in [0.717, 1.165) is 0 Å². The number of aromatic nitrogens is 1. The summed E-state index contributed by atoms with van der Waals surface area (Å²) in [5, 5.41) is 3.32. The maximum Gasteiger partial charge on any atom is 0.228 e. The Bertz CT molecular complexity index is 450. The van der Waals surface area contributed by atoms with Crippen molar-refractivity contribution in [2.45, 2.75) is 11.9 Å². The zero-order valence-electron chi connectivity index (χ0n) is 7.99. The van der Waals surface area contributed by atoms with Gasteiger partial charge in [-0.3, -0.25) is 9.00 Å². The largest absolute Gasteiger partial charge is 0.323 e. The smallest absolute Gasteiger partial charge is 0.228 e. The third-order valence-electron chi connectivity index (χ3n) is 2.15. The van der Waals surface area contributed by atoms with E-state index in [1.54, 1.807) is 19.1 Å². The first-order chi connectivity index (χ1) is 7.08. The lowest BCUT2D eigenvalue weighted by Gasteiger charge is -2.05. The van der Waals surface area contributed by atoms with Crippen LogP contribution in [-0.4, -0.2) is 20.9 Å². The van der Waals surface area contributed by atoms with E-state index >= 15 is 0 Å². The van der Waals surface area contributed by atoms with Gasteiger partial charge in [0, 0.05) is 11.7 Å². The van der Waals surface area contributed by atoms with Gasteiger partial charge in [0.25, 0.3) is 0 Å². The minimum atomic E-state index is -1.27. The number of rotatable bonds is 0. The van der Waals surface area contributed by atoms with Gasteiger partial charge < -0.3 is 5.32 Å². The van der Waals surface area contributed by atoms with Gasteiger partial charge in [0.05, 0.1) is 16.5 Å². The third kappa shape index (κ3) is 2.03. The van der Waals surface area contributed by atoms with Gasteiger partial charge >= 0.3 is 0 Å². The Morgan fingerprint density at radius 1 is 1.60 bits per heavy atom. The Morgan fingerprint density at radius 3 is 3.07 bits per heavy atom. The number of carbonyl (C=O) groups excluding carboxylic acids is 1. The van der Waals surface area contributed by atoms with Gasteiger partial charge in [-0.25, -0.2) is 4.98 Å². The number of pyridine rings is 1. The molecule has 1 aliphatic heterocycles. The molecule has 2 heterocycles. The quantitative estimate of drug-likeness (QED) is 0.703. The summed E-state index contributed by atoms with van der Waals surface area (Å²) in [5.41, 5.74) is 0.493. The molecule has 1 amide bonds. The molecule has 6 heteroatoms. The van der Waals surface area contributed by atoms with E-state index in [0.29, 0.717) is 10.7 Å². The molecule has 2 unspecified atom stereocenters. The van der Waals surface area contributed by atoms with Crippen LogP contribution < -0.4 is 5.32 Å². The molecule has 1 aliphatic rings. The van der Waals surface area contributed by atoms with Crippen LogP contribution in [-0.2, 0) is 15.6 Å². The summed E-state index contributed by atoms with van der Waals surface area (Å²) in [7, 11) is -1.27. The van der Waals surface area contributed by atoms with Crippen LogP contribution >= 0.6 is 11.6 Å². The molecular formula is C9H9ClN2O2S. The first-order valence-electron chi connectivity index (χ1n) is 4.43. The molecule has 0 spiro atoms. The lowest BCUT2D eigenvalue weighted by atomic mass is 10.2. The Morgan fingerprint density at radius 2 is 2.33 bits per heavy atom. The average molecular weight is 245 g/mol. The molecule has 0 saturated carbocycles. The summed E-state index contributed by atoms with van der Waals surface area (Å²) in [4.78, 5) is 15.5. The normalized spacial score (nSPS) is 25.3. The molecule has 1 N–H and O–H groups in total. The highest BCUT2D eigenvalue weighted by molar-refractivity contribution is 7.85. The van der Waals surface area contributed by atoms with Crippen LogP contribution in [0.25, 0.3) is 0 Å². The molecule has 4 nitrogen and oxygen atoms in total. The Hall–Kier alpha value is -0.940. The summed E-state index contributed by atoms with van der Waals surface area (Å²) >= 11 is 5.71. The van der Waals surface area contributed by atoms with E-state index < -0.39 is 10.8 Å². The minimum absolute atomic E-state index is 0.133. The number of carbonyl (C=O) groups is 1. The molecule has 15 heavy (non-hydrogen) atoms. The van der Waals surface area contributed by atoms with Gasteiger partial charge in [-0.2, -0.15) is 0 Å². The van der Waals surface area contributed by atoms with E-state index in [4.69, 9.17) is 11.6 Å². The summed E-state index contributed by atoms with van der Waals surface area (Å²) in [6.07, 6.45) is 0. The number of anilines is 1. The molecular weight excluding hydrogens is 236 g/mol. The highest BCUT2D eigenvalue weighted by Gasteiger charge is 2.25. The van der Waals surface area contributed by atoms with E-state index in [9.17, 15) is 9.00 Å². The molecule has 0 fully saturated rings.